The van der Waals surface area contributed by atoms with Gasteiger partial charge in [0.15, 0.2) is 0 Å². The molecule has 1 N–H and O–H groups in total. The minimum atomic E-state index is -4.50. The normalized spacial score (nSPS) is 17.0. The van der Waals surface area contributed by atoms with Crippen LogP contribution in [0.15, 0.2) is 59.2 Å². The fraction of sp³-hybridized carbons (Fsp3) is 0.227. The van der Waals surface area contributed by atoms with E-state index in [1.807, 2.05) is 0 Å². The highest BCUT2D eigenvalue weighted by molar-refractivity contribution is 6.30. The molecule has 0 radical (unpaired) electrons. The summed E-state index contributed by atoms with van der Waals surface area (Å²) in [4.78, 5) is 24.8. The summed E-state index contributed by atoms with van der Waals surface area (Å²) in [5, 5.41) is 15.6. The van der Waals surface area contributed by atoms with E-state index in [-0.39, 0.29) is 24.2 Å². The zero-order valence-electron chi connectivity index (χ0n) is 16.8. The molecule has 1 atom stereocenters. The second kappa shape index (κ2) is 9.54. The molecular weight excluding hydrogens is 449 g/mol. The summed E-state index contributed by atoms with van der Waals surface area (Å²) in [5.41, 5.74) is 0.0715. The summed E-state index contributed by atoms with van der Waals surface area (Å²) in [6.45, 7) is 0.00761. The summed E-state index contributed by atoms with van der Waals surface area (Å²) in [6, 6.07) is 10.5. The number of ether oxygens (including phenoxy) is 1. The molecule has 1 heterocycles. The van der Waals surface area contributed by atoms with Crippen molar-refractivity contribution in [2.75, 3.05) is 18.7 Å². The number of methoxy groups -OCH3 is 1. The van der Waals surface area contributed by atoms with Gasteiger partial charge in [-0.05, 0) is 54.5 Å². The zero-order valence-corrected chi connectivity index (χ0v) is 17.5. The maximum Gasteiger partial charge on any atom is 0.416 e. The van der Waals surface area contributed by atoms with Crippen molar-refractivity contribution in [3.05, 3.63) is 70.3 Å². The smallest absolute Gasteiger partial charge is 0.416 e. The number of nitrogens with zero attached hydrogens (tertiary/aromatic N) is 2. The summed E-state index contributed by atoms with van der Waals surface area (Å²) >= 11 is 5.88. The Balaban J connectivity index is 1.88. The first kappa shape index (κ1) is 23.5. The maximum absolute atomic E-state index is 13.0. The number of halogens is 4. The van der Waals surface area contributed by atoms with Crippen LogP contribution in [0.5, 0.6) is 0 Å². The summed E-state index contributed by atoms with van der Waals surface area (Å²) in [7, 11) is 1.42. The molecular formula is C22H18ClF3N2O4. The predicted molar refractivity (Wildman–Crippen MR) is 113 cm³/mol. The molecule has 3 rings (SSSR count). The Morgan fingerprint density at radius 1 is 1.19 bits per heavy atom. The van der Waals surface area contributed by atoms with Gasteiger partial charge in [0.25, 0.3) is 5.91 Å². The molecule has 1 aliphatic rings. The van der Waals surface area contributed by atoms with Crippen LogP contribution in [0.2, 0.25) is 5.02 Å². The van der Waals surface area contributed by atoms with Crippen molar-refractivity contribution in [1.82, 2.24) is 0 Å². The number of amides is 1. The third kappa shape index (κ3) is 5.35. The third-order valence-corrected chi connectivity index (χ3v) is 5.03. The molecule has 0 bridgehead atoms. The standard InChI is InChI=1S/C22H18ClF3N2O4/c1-32-12-19-18(20(29)28(27-19)17-8-6-16(23)7-9-17)11-14(21(30)31)10-13-2-4-15(5-3-13)22(24,25)26/h2-10,18H,11-12H2,1H3,(H,30,31). The van der Waals surface area contributed by atoms with E-state index in [4.69, 9.17) is 16.3 Å². The van der Waals surface area contributed by atoms with E-state index in [9.17, 15) is 27.9 Å². The van der Waals surface area contributed by atoms with Gasteiger partial charge in [0.2, 0.25) is 0 Å². The number of carboxylic acids is 1. The van der Waals surface area contributed by atoms with Gasteiger partial charge in [-0.15, -0.1) is 0 Å². The molecule has 0 fully saturated rings. The van der Waals surface area contributed by atoms with Crippen LogP contribution >= 0.6 is 11.6 Å². The van der Waals surface area contributed by atoms with Gasteiger partial charge < -0.3 is 9.84 Å². The first-order valence-corrected chi connectivity index (χ1v) is 9.75. The number of benzene rings is 2. The molecule has 2 aromatic rings. The number of carboxylic acid groups (broad SMARTS) is 1. The van der Waals surface area contributed by atoms with E-state index in [2.05, 4.69) is 5.10 Å². The number of hydrogen-bond acceptors (Lipinski definition) is 4. The van der Waals surface area contributed by atoms with Crippen LogP contribution in [-0.2, 0) is 20.5 Å². The number of anilines is 1. The molecule has 0 saturated heterocycles. The number of rotatable bonds is 7. The van der Waals surface area contributed by atoms with Gasteiger partial charge in [0, 0.05) is 17.7 Å². The summed E-state index contributed by atoms with van der Waals surface area (Å²) in [6.07, 6.45) is -3.46. The van der Waals surface area contributed by atoms with E-state index in [0.29, 0.717) is 16.4 Å². The Hall–Kier alpha value is -3.17. The number of aliphatic carboxylic acids is 1. The van der Waals surface area contributed by atoms with Crippen LogP contribution in [0.25, 0.3) is 6.08 Å². The molecule has 1 aliphatic heterocycles. The second-order valence-corrected chi connectivity index (χ2v) is 7.44. The topological polar surface area (TPSA) is 79.2 Å². The van der Waals surface area contributed by atoms with Gasteiger partial charge in [0.1, 0.15) is 0 Å². The summed E-state index contributed by atoms with van der Waals surface area (Å²) in [5.74, 6) is -2.64. The lowest BCUT2D eigenvalue weighted by atomic mass is 9.93. The molecule has 168 valence electrons. The highest BCUT2D eigenvalue weighted by Crippen LogP contribution is 2.31. The molecule has 0 aromatic heterocycles. The Labute approximate surface area is 186 Å². The second-order valence-electron chi connectivity index (χ2n) is 7.00. The van der Waals surface area contributed by atoms with Crippen molar-refractivity contribution in [2.45, 2.75) is 12.6 Å². The van der Waals surface area contributed by atoms with Crippen molar-refractivity contribution in [1.29, 1.82) is 0 Å². The van der Waals surface area contributed by atoms with E-state index in [1.54, 1.807) is 24.3 Å². The lowest BCUT2D eigenvalue weighted by molar-refractivity contribution is -0.137. The van der Waals surface area contributed by atoms with Crippen LogP contribution in [-0.4, -0.2) is 36.4 Å². The lowest BCUT2D eigenvalue weighted by Crippen LogP contribution is -2.29. The minimum Gasteiger partial charge on any atom is -0.478 e. The Kier molecular flexibility index (Phi) is 7.00. The van der Waals surface area contributed by atoms with Crippen molar-refractivity contribution in [3.8, 4) is 0 Å². The molecule has 1 amide bonds. The first-order valence-electron chi connectivity index (χ1n) is 9.37. The molecule has 0 spiro atoms. The van der Waals surface area contributed by atoms with E-state index in [1.165, 1.54) is 25.3 Å². The monoisotopic (exact) mass is 466 g/mol. The van der Waals surface area contributed by atoms with Crippen LogP contribution in [0.1, 0.15) is 17.5 Å². The van der Waals surface area contributed by atoms with Gasteiger partial charge in [-0.2, -0.15) is 18.3 Å². The predicted octanol–water partition coefficient (Wildman–Crippen LogP) is 4.88. The molecule has 32 heavy (non-hydrogen) atoms. The van der Waals surface area contributed by atoms with Crippen LogP contribution < -0.4 is 5.01 Å². The van der Waals surface area contributed by atoms with Crippen LogP contribution in [0, 0.1) is 5.92 Å². The fourth-order valence-electron chi connectivity index (χ4n) is 3.18. The number of carbonyl (C=O) groups is 2. The summed E-state index contributed by atoms with van der Waals surface area (Å²) < 4.78 is 43.4. The van der Waals surface area contributed by atoms with Gasteiger partial charge >= 0.3 is 12.1 Å². The van der Waals surface area contributed by atoms with Gasteiger partial charge in [0.05, 0.1) is 29.5 Å². The average molecular weight is 467 g/mol. The van der Waals surface area contributed by atoms with Crippen LogP contribution in [0.3, 0.4) is 0 Å². The highest BCUT2D eigenvalue weighted by atomic mass is 35.5. The number of alkyl halides is 3. The Morgan fingerprint density at radius 2 is 1.81 bits per heavy atom. The molecule has 1 unspecified atom stereocenters. The van der Waals surface area contributed by atoms with Gasteiger partial charge in [-0.1, -0.05) is 23.7 Å². The average Bonchev–Trinajstić information content (AvgIpc) is 3.03. The van der Waals surface area contributed by atoms with E-state index in [0.717, 1.165) is 17.1 Å². The number of hydrazone groups is 1. The lowest BCUT2D eigenvalue weighted by Gasteiger charge is -2.15. The number of carbonyl (C=O) groups excluding carboxylic acids is 1. The third-order valence-electron chi connectivity index (χ3n) is 4.78. The van der Waals surface area contributed by atoms with Gasteiger partial charge in [-0.25, -0.2) is 9.80 Å². The fourth-order valence-corrected chi connectivity index (χ4v) is 3.31. The first-order chi connectivity index (χ1) is 15.1. The van der Waals surface area contributed by atoms with E-state index < -0.39 is 29.5 Å². The van der Waals surface area contributed by atoms with Crippen LogP contribution in [0.4, 0.5) is 18.9 Å². The van der Waals surface area contributed by atoms with Gasteiger partial charge in [-0.3, -0.25) is 4.79 Å². The highest BCUT2D eigenvalue weighted by Gasteiger charge is 2.38. The van der Waals surface area contributed by atoms with Crippen molar-refractivity contribution >= 4 is 41.0 Å². The SMILES string of the molecule is COCC1=NN(c2ccc(Cl)cc2)C(=O)C1CC(=Cc1ccc(C(F)(F)F)cc1)C(=O)O. The molecule has 0 saturated carbocycles. The molecule has 6 nitrogen and oxygen atoms in total. The molecule has 10 heteroatoms. The minimum absolute atomic E-state index is 0.00761. The van der Waals surface area contributed by atoms with E-state index >= 15 is 0 Å². The zero-order chi connectivity index (χ0) is 23.5. The largest absolute Gasteiger partial charge is 0.478 e. The quantitative estimate of drug-likeness (QED) is 0.590. The van der Waals surface area contributed by atoms with Crippen molar-refractivity contribution in [2.24, 2.45) is 11.0 Å². The van der Waals surface area contributed by atoms with Crippen molar-refractivity contribution < 1.29 is 32.6 Å². The number of hydrogen-bond donors (Lipinski definition) is 1. The Morgan fingerprint density at radius 3 is 2.34 bits per heavy atom. The van der Waals surface area contributed by atoms with Crippen molar-refractivity contribution in [3.63, 3.8) is 0 Å². The molecule has 2 aromatic carbocycles. The maximum atomic E-state index is 13.0. The molecule has 0 aliphatic carbocycles. The Bertz CT molecular complexity index is 1060.